The van der Waals surface area contributed by atoms with Crippen molar-refractivity contribution in [2.24, 2.45) is 0 Å². The van der Waals surface area contributed by atoms with E-state index < -0.39 is 0 Å². The zero-order valence-electron chi connectivity index (χ0n) is 12.3. The Hall–Kier alpha value is -1.52. The molecule has 0 spiro atoms. The van der Waals surface area contributed by atoms with Crippen LogP contribution in [0.25, 0.3) is 6.08 Å². The maximum absolute atomic E-state index is 12.4. The third-order valence-electron chi connectivity index (χ3n) is 3.64. The molecule has 0 aromatic heterocycles. The van der Waals surface area contributed by atoms with Gasteiger partial charge in [-0.3, -0.25) is 9.59 Å². The highest BCUT2D eigenvalue weighted by Gasteiger charge is 2.30. The zero-order chi connectivity index (χ0) is 16.1. The standard InChI is InChI=1S/C16H18Cl2N2O2/c1-19-16(22)14-4-2-3-7-20(14)15(21)6-5-11-8-12(17)10-13(18)9-11/h5-6,8-10,14H,2-4,7H2,1H3,(H,19,22)/b6-5+. The average Bonchev–Trinajstić information content (AvgIpc) is 2.51. The fourth-order valence-corrected chi connectivity index (χ4v) is 3.11. The van der Waals surface area contributed by atoms with Gasteiger partial charge in [-0.1, -0.05) is 23.2 Å². The van der Waals surface area contributed by atoms with Gasteiger partial charge in [0.1, 0.15) is 6.04 Å². The summed E-state index contributed by atoms with van der Waals surface area (Å²) in [5.41, 5.74) is 0.749. The summed E-state index contributed by atoms with van der Waals surface area (Å²) in [5.74, 6) is -0.295. The number of piperidine rings is 1. The lowest BCUT2D eigenvalue weighted by molar-refractivity contribution is -0.138. The van der Waals surface area contributed by atoms with Crippen LogP contribution in [-0.2, 0) is 9.59 Å². The number of likely N-dealkylation sites (N-methyl/N-ethyl adjacent to an activating group) is 1. The van der Waals surface area contributed by atoms with Crippen LogP contribution < -0.4 is 5.32 Å². The lowest BCUT2D eigenvalue weighted by Gasteiger charge is -2.33. The lowest BCUT2D eigenvalue weighted by atomic mass is 10.0. The number of likely N-dealkylation sites (tertiary alicyclic amines) is 1. The maximum atomic E-state index is 12.4. The predicted octanol–water partition coefficient (Wildman–Crippen LogP) is 3.13. The fourth-order valence-electron chi connectivity index (χ4n) is 2.57. The molecule has 0 aliphatic carbocycles. The summed E-state index contributed by atoms with van der Waals surface area (Å²) in [7, 11) is 1.59. The molecule has 1 saturated heterocycles. The van der Waals surface area contributed by atoms with Gasteiger partial charge in [0, 0.05) is 29.7 Å². The minimum absolute atomic E-state index is 0.118. The smallest absolute Gasteiger partial charge is 0.247 e. The topological polar surface area (TPSA) is 49.4 Å². The predicted molar refractivity (Wildman–Crippen MR) is 88.9 cm³/mol. The quantitative estimate of drug-likeness (QED) is 0.859. The number of nitrogens with one attached hydrogen (secondary N) is 1. The average molecular weight is 341 g/mol. The molecule has 1 aromatic carbocycles. The molecule has 0 bridgehead atoms. The first-order valence-electron chi connectivity index (χ1n) is 7.17. The first-order chi connectivity index (χ1) is 10.5. The van der Waals surface area contributed by atoms with Crippen molar-refractivity contribution in [3.63, 3.8) is 0 Å². The third-order valence-corrected chi connectivity index (χ3v) is 4.07. The molecule has 1 aliphatic heterocycles. The molecule has 22 heavy (non-hydrogen) atoms. The normalized spacial score (nSPS) is 18.5. The van der Waals surface area contributed by atoms with E-state index in [0.717, 1.165) is 18.4 Å². The number of carbonyl (C=O) groups excluding carboxylic acids is 2. The van der Waals surface area contributed by atoms with Crippen molar-refractivity contribution in [2.75, 3.05) is 13.6 Å². The monoisotopic (exact) mass is 340 g/mol. The SMILES string of the molecule is CNC(=O)C1CCCCN1C(=O)/C=C/c1cc(Cl)cc(Cl)c1. The van der Waals surface area contributed by atoms with Gasteiger partial charge in [-0.15, -0.1) is 0 Å². The van der Waals surface area contributed by atoms with Crippen LogP contribution in [-0.4, -0.2) is 36.3 Å². The van der Waals surface area contributed by atoms with Gasteiger partial charge in [-0.05, 0) is 49.1 Å². The lowest BCUT2D eigenvalue weighted by Crippen LogP contribution is -2.50. The Morgan fingerprint density at radius 2 is 1.91 bits per heavy atom. The van der Waals surface area contributed by atoms with Crippen LogP contribution >= 0.6 is 23.2 Å². The van der Waals surface area contributed by atoms with Gasteiger partial charge < -0.3 is 10.2 Å². The van der Waals surface area contributed by atoms with Crippen molar-refractivity contribution in [3.8, 4) is 0 Å². The van der Waals surface area contributed by atoms with E-state index in [1.807, 2.05) is 0 Å². The second-order valence-electron chi connectivity index (χ2n) is 5.19. The van der Waals surface area contributed by atoms with Crippen LogP contribution in [0, 0.1) is 0 Å². The van der Waals surface area contributed by atoms with E-state index >= 15 is 0 Å². The highest BCUT2D eigenvalue weighted by Crippen LogP contribution is 2.21. The van der Waals surface area contributed by atoms with E-state index in [9.17, 15) is 9.59 Å². The first kappa shape index (κ1) is 16.8. The number of hydrogen-bond acceptors (Lipinski definition) is 2. The molecule has 6 heteroatoms. The van der Waals surface area contributed by atoms with E-state index in [1.165, 1.54) is 6.08 Å². The minimum atomic E-state index is -0.390. The zero-order valence-corrected chi connectivity index (χ0v) is 13.8. The summed E-state index contributed by atoms with van der Waals surface area (Å²) in [6, 6.07) is 4.70. The molecule has 1 unspecified atom stereocenters. The Labute approximate surface area is 140 Å². The fraction of sp³-hybridized carbons (Fsp3) is 0.375. The van der Waals surface area contributed by atoms with E-state index in [4.69, 9.17) is 23.2 Å². The van der Waals surface area contributed by atoms with Gasteiger partial charge in [-0.2, -0.15) is 0 Å². The van der Waals surface area contributed by atoms with Crippen LogP contribution in [0.1, 0.15) is 24.8 Å². The van der Waals surface area contributed by atoms with Crippen LogP contribution in [0.4, 0.5) is 0 Å². The molecule has 0 saturated carbocycles. The van der Waals surface area contributed by atoms with Crippen molar-refractivity contribution < 1.29 is 9.59 Å². The number of rotatable bonds is 3. The highest BCUT2D eigenvalue weighted by molar-refractivity contribution is 6.34. The Morgan fingerprint density at radius 3 is 2.55 bits per heavy atom. The largest absolute Gasteiger partial charge is 0.357 e. The van der Waals surface area contributed by atoms with Gasteiger partial charge in [0.05, 0.1) is 0 Å². The Balaban J connectivity index is 2.12. The Bertz CT molecular complexity index is 582. The summed E-state index contributed by atoms with van der Waals surface area (Å²) >= 11 is 11.9. The van der Waals surface area contributed by atoms with Gasteiger partial charge >= 0.3 is 0 Å². The summed E-state index contributed by atoms with van der Waals surface area (Å²) in [6.07, 6.45) is 5.69. The first-order valence-corrected chi connectivity index (χ1v) is 7.93. The van der Waals surface area contributed by atoms with Crippen LogP contribution in [0.3, 0.4) is 0 Å². The minimum Gasteiger partial charge on any atom is -0.357 e. The van der Waals surface area contributed by atoms with Crippen molar-refractivity contribution in [2.45, 2.75) is 25.3 Å². The van der Waals surface area contributed by atoms with Gasteiger partial charge in [0.15, 0.2) is 0 Å². The number of halogens is 2. The molecule has 1 aromatic rings. The summed E-state index contributed by atoms with van der Waals surface area (Å²) in [6.45, 7) is 0.595. The van der Waals surface area contributed by atoms with Crippen molar-refractivity contribution in [1.82, 2.24) is 10.2 Å². The number of benzene rings is 1. The van der Waals surface area contributed by atoms with Crippen LogP contribution in [0.15, 0.2) is 24.3 Å². The van der Waals surface area contributed by atoms with Crippen molar-refractivity contribution >= 4 is 41.1 Å². The molecule has 1 heterocycles. The van der Waals surface area contributed by atoms with Crippen LogP contribution in [0.5, 0.6) is 0 Å². The highest BCUT2D eigenvalue weighted by atomic mass is 35.5. The molecule has 1 aliphatic rings. The third kappa shape index (κ3) is 4.24. The molecule has 2 rings (SSSR count). The Kier molecular flexibility index (Phi) is 5.86. The summed E-state index contributed by atoms with van der Waals surface area (Å²) in [4.78, 5) is 25.9. The summed E-state index contributed by atoms with van der Waals surface area (Å²) < 4.78 is 0. The number of carbonyl (C=O) groups is 2. The van der Waals surface area contributed by atoms with Crippen molar-refractivity contribution in [3.05, 3.63) is 39.9 Å². The molecule has 1 N–H and O–H groups in total. The molecule has 118 valence electrons. The number of hydrogen-bond donors (Lipinski definition) is 1. The molecule has 1 atom stereocenters. The molecule has 0 radical (unpaired) electrons. The maximum Gasteiger partial charge on any atom is 0.247 e. The van der Waals surface area contributed by atoms with Gasteiger partial charge in [0.25, 0.3) is 0 Å². The molecule has 2 amide bonds. The van der Waals surface area contributed by atoms with Crippen molar-refractivity contribution in [1.29, 1.82) is 0 Å². The molecular formula is C16H18Cl2N2O2. The van der Waals surface area contributed by atoms with E-state index in [2.05, 4.69) is 5.32 Å². The number of amides is 2. The number of nitrogens with zero attached hydrogens (tertiary/aromatic N) is 1. The van der Waals surface area contributed by atoms with Gasteiger partial charge in [-0.25, -0.2) is 0 Å². The van der Waals surface area contributed by atoms with Gasteiger partial charge in [0.2, 0.25) is 11.8 Å². The molecular weight excluding hydrogens is 323 g/mol. The van der Waals surface area contributed by atoms with E-state index in [-0.39, 0.29) is 17.9 Å². The molecule has 4 nitrogen and oxygen atoms in total. The summed E-state index contributed by atoms with van der Waals surface area (Å²) in [5, 5.41) is 3.65. The second-order valence-corrected chi connectivity index (χ2v) is 6.07. The van der Waals surface area contributed by atoms with Crippen LogP contribution in [0.2, 0.25) is 10.0 Å². The molecule has 1 fully saturated rings. The second kappa shape index (κ2) is 7.65. The van der Waals surface area contributed by atoms with E-state index in [1.54, 1.807) is 36.2 Å². The van der Waals surface area contributed by atoms with E-state index in [0.29, 0.717) is 23.0 Å². The Morgan fingerprint density at radius 1 is 1.23 bits per heavy atom.